The number of fused-ring (bicyclic) bond motifs is 1. The standard InChI is InChI=1S/C18H17FN2/c1-3-20-17-12(2)16(13-8-5-4-6-9-13)21-18-14(17)10-7-11-15(18)19/h4-11H,3H2,1-2H3,(H,20,21). The Bertz CT molecular complexity index is 782. The minimum absolute atomic E-state index is 0.288. The molecule has 1 heterocycles. The zero-order chi connectivity index (χ0) is 14.8. The summed E-state index contributed by atoms with van der Waals surface area (Å²) >= 11 is 0. The van der Waals surface area contributed by atoms with Crippen LogP contribution in [0.3, 0.4) is 0 Å². The van der Waals surface area contributed by atoms with E-state index in [1.54, 1.807) is 6.07 Å². The average Bonchev–Trinajstić information content (AvgIpc) is 2.51. The van der Waals surface area contributed by atoms with Crippen LogP contribution in [0.15, 0.2) is 48.5 Å². The number of nitrogens with zero attached hydrogens (tertiary/aromatic N) is 1. The highest BCUT2D eigenvalue weighted by atomic mass is 19.1. The molecule has 3 rings (SSSR count). The second kappa shape index (κ2) is 5.52. The van der Waals surface area contributed by atoms with E-state index in [2.05, 4.69) is 10.3 Å². The Balaban J connectivity index is 2.36. The smallest absolute Gasteiger partial charge is 0.149 e. The molecule has 0 radical (unpaired) electrons. The van der Waals surface area contributed by atoms with Gasteiger partial charge in [0.15, 0.2) is 0 Å². The van der Waals surface area contributed by atoms with Crippen LogP contribution in [0.2, 0.25) is 0 Å². The molecule has 0 unspecified atom stereocenters. The number of benzene rings is 2. The van der Waals surface area contributed by atoms with Gasteiger partial charge in [-0.15, -0.1) is 0 Å². The maximum atomic E-state index is 14.1. The van der Waals surface area contributed by atoms with Gasteiger partial charge in [-0.05, 0) is 25.5 Å². The first-order chi connectivity index (χ1) is 10.2. The summed E-state index contributed by atoms with van der Waals surface area (Å²) in [6, 6.07) is 15.0. The fourth-order valence-electron chi connectivity index (χ4n) is 2.63. The number of aromatic nitrogens is 1. The molecule has 2 aromatic carbocycles. The molecule has 0 atom stereocenters. The third-order valence-electron chi connectivity index (χ3n) is 3.61. The maximum Gasteiger partial charge on any atom is 0.149 e. The summed E-state index contributed by atoms with van der Waals surface area (Å²) in [5.41, 5.74) is 4.24. The van der Waals surface area contributed by atoms with Crippen LogP contribution in [0.25, 0.3) is 22.2 Å². The highest BCUT2D eigenvalue weighted by molar-refractivity contribution is 5.96. The summed E-state index contributed by atoms with van der Waals surface area (Å²) in [4.78, 5) is 4.57. The van der Waals surface area contributed by atoms with Gasteiger partial charge >= 0.3 is 0 Å². The Morgan fingerprint density at radius 1 is 1.05 bits per heavy atom. The zero-order valence-electron chi connectivity index (χ0n) is 12.2. The molecular weight excluding hydrogens is 263 g/mol. The number of halogens is 1. The Hall–Kier alpha value is -2.42. The van der Waals surface area contributed by atoms with E-state index in [-0.39, 0.29) is 5.82 Å². The summed E-state index contributed by atoms with van der Waals surface area (Å²) in [6.45, 7) is 4.84. The van der Waals surface area contributed by atoms with Crippen LogP contribution in [0.5, 0.6) is 0 Å². The van der Waals surface area contributed by atoms with E-state index in [0.717, 1.165) is 34.4 Å². The highest BCUT2D eigenvalue weighted by Crippen LogP contribution is 2.34. The molecule has 0 saturated heterocycles. The van der Waals surface area contributed by atoms with E-state index < -0.39 is 0 Å². The van der Waals surface area contributed by atoms with Gasteiger partial charge < -0.3 is 5.32 Å². The highest BCUT2D eigenvalue weighted by Gasteiger charge is 2.14. The van der Waals surface area contributed by atoms with E-state index in [1.165, 1.54) is 6.07 Å². The predicted molar refractivity (Wildman–Crippen MR) is 86.0 cm³/mol. The molecule has 2 nitrogen and oxygen atoms in total. The summed E-state index contributed by atoms with van der Waals surface area (Å²) < 4.78 is 14.1. The van der Waals surface area contributed by atoms with E-state index in [9.17, 15) is 4.39 Å². The topological polar surface area (TPSA) is 24.9 Å². The molecule has 0 spiro atoms. The molecule has 0 bridgehead atoms. The van der Waals surface area contributed by atoms with Crippen LogP contribution >= 0.6 is 0 Å². The predicted octanol–water partition coefficient (Wildman–Crippen LogP) is 4.78. The lowest BCUT2D eigenvalue weighted by atomic mass is 10.0. The normalized spacial score (nSPS) is 10.8. The largest absolute Gasteiger partial charge is 0.384 e. The van der Waals surface area contributed by atoms with Crippen LogP contribution < -0.4 is 5.32 Å². The molecule has 0 aliphatic rings. The first-order valence-corrected chi connectivity index (χ1v) is 7.10. The van der Waals surface area contributed by atoms with Gasteiger partial charge in [0.05, 0.1) is 5.69 Å². The lowest BCUT2D eigenvalue weighted by Gasteiger charge is -2.15. The Morgan fingerprint density at radius 3 is 2.52 bits per heavy atom. The SMILES string of the molecule is CCNc1c(C)c(-c2ccccc2)nc2c(F)cccc12. The van der Waals surface area contributed by atoms with Crippen molar-refractivity contribution in [2.75, 3.05) is 11.9 Å². The molecule has 0 amide bonds. The van der Waals surface area contributed by atoms with E-state index in [1.807, 2.05) is 50.2 Å². The summed E-state index contributed by atoms with van der Waals surface area (Å²) in [5.74, 6) is -0.288. The van der Waals surface area contributed by atoms with Gasteiger partial charge in [-0.25, -0.2) is 9.37 Å². The van der Waals surface area contributed by atoms with Crippen molar-refractivity contribution in [2.45, 2.75) is 13.8 Å². The minimum Gasteiger partial charge on any atom is -0.384 e. The first-order valence-electron chi connectivity index (χ1n) is 7.10. The monoisotopic (exact) mass is 280 g/mol. The second-order valence-electron chi connectivity index (χ2n) is 4.99. The third kappa shape index (κ3) is 2.35. The summed E-state index contributed by atoms with van der Waals surface area (Å²) in [6.07, 6.45) is 0. The molecule has 21 heavy (non-hydrogen) atoms. The van der Waals surface area contributed by atoms with Crippen molar-refractivity contribution in [1.29, 1.82) is 0 Å². The van der Waals surface area contributed by atoms with Crippen LogP contribution in [0.1, 0.15) is 12.5 Å². The number of hydrogen-bond donors (Lipinski definition) is 1. The number of pyridine rings is 1. The fraction of sp³-hybridized carbons (Fsp3) is 0.167. The van der Waals surface area contributed by atoms with Crippen molar-refractivity contribution in [1.82, 2.24) is 4.98 Å². The van der Waals surface area contributed by atoms with Crippen LogP contribution in [-0.4, -0.2) is 11.5 Å². The number of anilines is 1. The molecule has 3 heteroatoms. The average molecular weight is 280 g/mol. The molecular formula is C18H17FN2. The van der Waals surface area contributed by atoms with Gasteiger partial charge in [0.2, 0.25) is 0 Å². The third-order valence-corrected chi connectivity index (χ3v) is 3.61. The number of para-hydroxylation sites is 1. The van der Waals surface area contributed by atoms with Crippen molar-refractivity contribution in [3.63, 3.8) is 0 Å². The first kappa shape index (κ1) is 13.6. The van der Waals surface area contributed by atoms with Gasteiger partial charge in [0.1, 0.15) is 11.3 Å². The lowest BCUT2D eigenvalue weighted by Crippen LogP contribution is -2.03. The maximum absolute atomic E-state index is 14.1. The molecule has 1 N–H and O–H groups in total. The second-order valence-corrected chi connectivity index (χ2v) is 4.99. The Morgan fingerprint density at radius 2 is 1.81 bits per heavy atom. The van der Waals surface area contributed by atoms with Gasteiger partial charge in [-0.3, -0.25) is 0 Å². The quantitative estimate of drug-likeness (QED) is 0.746. The van der Waals surface area contributed by atoms with Crippen LogP contribution in [-0.2, 0) is 0 Å². The lowest BCUT2D eigenvalue weighted by molar-refractivity contribution is 0.637. The van der Waals surface area contributed by atoms with Crippen LogP contribution in [0.4, 0.5) is 10.1 Å². The zero-order valence-corrected chi connectivity index (χ0v) is 12.2. The van der Waals surface area contributed by atoms with Crippen LogP contribution in [0, 0.1) is 12.7 Å². The molecule has 0 saturated carbocycles. The minimum atomic E-state index is -0.288. The molecule has 106 valence electrons. The Labute approximate surface area is 123 Å². The van der Waals surface area contributed by atoms with Crippen molar-refractivity contribution in [3.05, 3.63) is 59.9 Å². The summed E-state index contributed by atoms with van der Waals surface area (Å²) in [5, 5.41) is 4.18. The molecule has 0 aliphatic carbocycles. The molecule has 0 fully saturated rings. The Kier molecular flexibility index (Phi) is 3.57. The van der Waals surface area contributed by atoms with Crippen molar-refractivity contribution in [3.8, 4) is 11.3 Å². The van der Waals surface area contributed by atoms with Gasteiger partial charge in [-0.2, -0.15) is 0 Å². The molecule has 3 aromatic rings. The number of nitrogens with one attached hydrogen (secondary N) is 1. The van der Waals surface area contributed by atoms with E-state index >= 15 is 0 Å². The van der Waals surface area contributed by atoms with Gasteiger partial charge in [0.25, 0.3) is 0 Å². The van der Waals surface area contributed by atoms with Gasteiger partial charge in [-0.1, -0.05) is 42.5 Å². The van der Waals surface area contributed by atoms with Crippen molar-refractivity contribution >= 4 is 16.6 Å². The van der Waals surface area contributed by atoms with Crippen molar-refractivity contribution in [2.24, 2.45) is 0 Å². The number of hydrogen-bond acceptors (Lipinski definition) is 2. The van der Waals surface area contributed by atoms with E-state index in [0.29, 0.717) is 5.52 Å². The van der Waals surface area contributed by atoms with Crippen molar-refractivity contribution < 1.29 is 4.39 Å². The molecule has 0 aliphatic heterocycles. The van der Waals surface area contributed by atoms with E-state index in [4.69, 9.17) is 0 Å². The number of rotatable bonds is 3. The van der Waals surface area contributed by atoms with Gasteiger partial charge in [0, 0.05) is 23.2 Å². The molecule has 1 aromatic heterocycles. The summed E-state index contributed by atoms with van der Waals surface area (Å²) in [7, 11) is 0. The fourth-order valence-corrected chi connectivity index (χ4v) is 2.63.